The van der Waals surface area contributed by atoms with Crippen molar-refractivity contribution in [3.05, 3.63) is 24.3 Å². The summed E-state index contributed by atoms with van der Waals surface area (Å²) in [5, 5.41) is 9.79. The smallest absolute Gasteiger partial charge is 0.119 e. The van der Waals surface area contributed by atoms with Crippen LogP contribution in [-0.4, -0.2) is 42.4 Å². The van der Waals surface area contributed by atoms with Crippen LogP contribution in [0.15, 0.2) is 24.3 Å². The lowest BCUT2D eigenvalue weighted by molar-refractivity contribution is 0.0678. The van der Waals surface area contributed by atoms with Gasteiger partial charge in [-0.15, -0.1) is 0 Å². The lowest BCUT2D eigenvalue weighted by Crippen LogP contribution is -2.36. The maximum atomic E-state index is 9.79. The molecule has 0 aliphatic rings. The summed E-state index contributed by atoms with van der Waals surface area (Å²) in [5.74, 6) is 0.727. The largest absolute Gasteiger partial charge is 0.491 e. The highest BCUT2D eigenvalue weighted by molar-refractivity contribution is 5.41. The SMILES string of the molecule is CC(C)N(C)CC(O)COc1ccc(N)cc1. The predicted octanol–water partition coefficient (Wildman–Crippen LogP) is 1.35. The molecule has 96 valence electrons. The zero-order valence-corrected chi connectivity index (χ0v) is 10.8. The number of anilines is 1. The Morgan fingerprint density at radius 2 is 1.88 bits per heavy atom. The van der Waals surface area contributed by atoms with Gasteiger partial charge in [0.05, 0.1) is 0 Å². The first-order valence-corrected chi connectivity index (χ1v) is 5.85. The van der Waals surface area contributed by atoms with Crippen LogP contribution in [0.5, 0.6) is 5.75 Å². The van der Waals surface area contributed by atoms with Gasteiger partial charge in [-0.1, -0.05) is 0 Å². The van der Waals surface area contributed by atoms with E-state index in [0.717, 1.165) is 5.75 Å². The highest BCUT2D eigenvalue weighted by atomic mass is 16.5. The molecule has 1 rings (SSSR count). The van der Waals surface area contributed by atoms with Crippen LogP contribution in [0, 0.1) is 0 Å². The van der Waals surface area contributed by atoms with Gasteiger partial charge in [-0.2, -0.15) is 0 Å². The average Bonchev–Trinajstić information content (AvgIpc) is 2.28. The standard InChI is InChI=1S/C13H22N2O2/c1-10(2)15(3)8-12(16)9-17-13-6-4-11(14)5-7-13/h4-7,10,12,16H,8-9,14H2,1-3H3. The zero-order valence-electron chi connectivity index (χ0n) is 10.8. The maximum Gasteiger partial charge on any atom is 0.119 e. The number of aliphatic hydroxyl groups is 1. The Balaban J connectivity index is 2.33. The summed E-state index contributed by atoms with van der Waals surface area (Å²) in [6, 6.07) is 7.58. The molecule has 4 nitrogen and oxygen atoms in total. The van der Waals surface area contributed by atoms with Gasteiger partial charge < -0.3 is 20.5 Å². The van der Waals surface area contributed by atoms with Gasteiger partial charge in [0.2, 0.25) is 0 Å². The summed E-state index contributed by atoms with van der Waals surface area (Å²) in [5.41, 5.74) is 6.28. The van der Waals surface area contributed by atoms with E-state index in [0.29, 0.717) is 24.9 Å². The molecule has 0 aromatic heterocycles. The molecule has 1 aromatic rings. The van der Waals surface area contributed by atoms with Crippen LogP contribution < -0.4 is 10.5 Å². The van der Waals surface area contributed by atoms with Crippen molar-refractivity contribution < 1.29 is 9.84 Å². The number of ether oxygens (including phenoxy) is 1. The molecule has 3 N–H and O–H groups in total. The van der Waals surface area contributed by atoms with Crippen molar-refractivity contribution in [2.24, 2.45) is 0 Å². The minimum absolute atomic E-state index is 0.293. The minimum atomic E-state index is -0.486. The van der Waals surface area contributed by atoms with Crippen molar-refractivity contribution in [3.8, 4) is 5.75 Å². The molecule has 1 atom stereocenters. The number of hydrogen-bond donors (Lipinski definition) is 2. The van der Waals surface area contributed by atoms with E-state index in [2.05, 4.69) is 18.7 Å². The Morgan fingerprint density at radius 1 is 1.29 bits per heavy atom. The summed E-state index contributed by atoms with van der Waals surface area (Å²) < 4.78 is 5.47. The topological polar surface area (TPSA) is 58.7 Å². The first kappa shape index (κ1) is 13.8. The molecule has 0 bridgehead atoms. The molecule has 0 fully saturated rings. The van der Waals surface area contributed by atoms with Gasteiger partial charge in [0.15, 0.2) is 0 Å². The van der Waals surface area contributed by atoms with Crippen LogP contribution in [0.2, 0.25) is 0 Å². The highest BCUT2D eigenvalue weighted by Crippen LogP contribution is 2.13. The van der Waals surface area contributed by atoms with Gasteiger partial charge in [0.1, 0.15) is 18.5 Å². The van der Waals surface area contributed by atoms with E-state index in [1.807, 2.05) is 7.05 Å². The van der Waals surface area contributed by atoms with Gasteiger partial charge in [0.25, 0.3) is 0 Å². The second-order valence-corrected chi connectivity index (χ2v) is 4.57. The molecular weight excluding hydrogens is 216 g/mol. The molecule has 0 amide bonds. The van der Waals surface area contributed by atoms with Gasteiger partial charge >= 0.3 is 0 Å². The Labute approximate surface area is 103 Å². The number of nitrogens with zero attached hydrogens (tertiary/aromatic N) is 1. The Morgan fingerprint density at radius 3 is 2.41 bits per heavy atom. The van der Waals surface area contributed by atoms with E-state index in [9.17, 15) is 5.11 Å². The molecule has 0 heterocycles. The Bertz CT molecular complexity index is 325. The van der Waals surface area contributed by atoms with Crippen LogP contribution in [-0.2, 0) is 0 Å². The number of nitrogen functional groups attached to an aromatic ring is 1. The van der Waals surface area contributed by atoms with Crippen molar-refractivity contribution >= 4 is 5.69 Å². The first-order chi connectivity index (χ1) is 7.99. The summed E-state index contributed by atoms with van der Waals surface area (Å²) >= 11 is 0. The summed E-state index contributed by atoms with van der Waals surface area (Å²) in [6.07, 6.45) is -0.486. The summed E-state index contributed by atoms with van der Waals surface area (Å²) in [4.78, 5) is 2.08. The molecule has 17 heavy (non-hydrogen) atoms. The van der Waals surface area contributed by atoms with Gasteiger partial charge in [-0.05, 0) is 45.2 Å². The molecule has 4 heteroatoms. The second-order valence-electron chi connectivity index (χ2n) is 4.57. The second kappa shape index (κ2) is 6.47. The van der Waals surface area contributed by atoms with E-state index in [1.165, 1.54) is 0 Å². The van der Waals surface area contributed by atoms with E-state index in [1.54, 1.807) is 24.3 Å². The van der Waals surface area contributed by atoms with Crippen molar-refractivity contribution in [1.82, 2.24) is 4.90 Å². The lowest BCUT2D eigenvalue weighted by atomic mass is 10.3. The van der Waals surface area contributed by atoms with Gasteiger partial charge in [0, 0.05) is 18.3 Å². The van der Waals surface area contributed by atoms with Crippen molar-refractivity contribution in [3.63, 3.8) is 0 Å². The molecular formula is C13H22N2O2. The number of benzene rings is 1. The molecule has 0 saturated heterocycles. The highest BCUT2D eigenvalue weighted by Gasteiger charge is 2.11. The van der Waals surface area contributed by atoms with Gasteiger partial charge in [-0.3, -0.25) is 0 Å². The number of rotatable bonds is 6. The van der Waals surface area contributed by atoms with Crippen molar-refractivity contribution in [2.45, 2.75) is 26.0 Å². The predicted molar refractivity (Wildman–Crippen MR) is 70.1 cm³/mol. The maximum absolute atomic E-state index is 9.79. The van der Waals surface area contributed by atoms with E-state index >= 15 is 0 Å². The zero-order chi connectivity index (χ0) is 12.8. The van der Waals surface area contributed by atoms with Crippen LogP contribution in [0.25, 0.3) is 0 Å². The number of hydrogen-bond acceptors (Lipinski definition) is 4. The minimum Gasteiger partial charge on any atom is -0.491 e. The Kier molecular flexibility index (Phi) is 5.25. The fraction of sp³-hybridized carbons (Fsp3) is 0.538. The molecule has 1 unspecified atom stereocenters. The van der Waals surface area contributed by atoms with Gasteiger partial charge in [-0.25, -0.2) is 0 Å². The number of aliphatic hydroxyl groups excluding tert-OH is 1. The third-order valence-corrected chi connectivity index (χ3v) is 2.70. The van der Waals surface area contributed by atoms with E-state index in [-0.39, 0.29) is 0 Å². The van der Waals surface area contributed by atoms with E-state index < -0.39 is 6.10 Å². The quantitative estimate of drug-likeness (QED) is 0.734. The fourth-order valence-electron chi connectivity index (χ4n) is 1.35. The Hall–Kier alpha value is -1.26. The van der Waals surface area contributed by atoms with Crippen molar-refractivity contribution in [2.75, 3.05) is 25.9 Å². The summed E-state index contributed by atoms with van der Waals surface area (Å²) in [7, 11) is 1.98. The normalized spacial score (nSPS) is 13.1. The number of likely N-dealkylation sites (N-methyl/N-ethyl adjacent to an activating group) is 1. The van der Waals surface area contributed by atoms with Crippen LogP contribution >= 0.6 is 0 Å². The molecule has 0 saturated carbocycles. The fourth-order valence-corrected chi connectivity index (χ4v) is 1.35. The number of nitrogens with two attached hydrogens (primary N) is 1. The van der Waals surface area contributed by atoms with Crippen LogP contribution in [0.1, 0.15) is 13.8 Å². The molecule has 0 spiro atoms. The first-order valence-electron chi connectivity index (χ1n) is 5.85. The molecule has 0 radical (unpaired) electrons. The monoisotopic (exact) mass is 238 g/mol. The molecule has 1 aromatic carbocycles. The molecule has 0 aliphatic heterocycles. The third-order valence-electron chi connectivity index (χ3n) is 2.70. The van der Waals surface area contributed by atoms with Crippen LogP contribution in [0.3, 0.4) is 0 Å². The molecule has 0 aliphatic carbocycles. The average molecular weight is 238 g/mol. The van der Waals surface area contributed by atoms with Crippen molar-refractivity contribution in [1.29, 1.82) is 0 Å². The third kappa shape index (κ3) is 5.06. The summed E-state index contributed by atoms with van der Waals surface area (Å²) in [6.45, 7) is 5.08. The lowest BCUT2D eigenvalue weighted by Gasteiger charge is -2.24. The van der Waals surface area contributed by atoms with Crippen LogP contribution in [0.4, 0.5) is 5.69 Å². The van der Waals surface area contributed by atoms with E-state index in [4.69, 9.17) is 10.5 Å².